The van der Waals surface area contributed by atoms with Gasteiger partial charge in [0.2, 0.25) is 11.8 Å². The molecule has 1 unspecified atom stereocenters. The van der Waals surface area contributed by atoms with Gasteiger partial charge >= 0.3 is 5.69 Å². The number of amides is 4. The molecule has 55 heavy (non-hydrogen) atoms. The van der Waals surface area contributed by atoms with Gasteiger partial charge in [-0.05, 0) is 61.6 Å². The van der Waals surface area contributed by atoms with Crippen LogP contribution in [0.4, 0.5) is 10.1 Å². The van der Waals surface area contributed by atoms with Crippen LogP contribution in [0.3, 0.4) is 0 Å². The van der Waals surface area contributed by atoms with E-state index in [2.05, 4.69) is 36.4 Å². The monoisotopic (exact) mass is 747 g/mol. The number of nitrogens with one attached hydrogen (secondary N) is 4. The molecule has 1 aliphatic heterocycles. The van der Waals surface area contributed by atoms with E-state index >= 15 is 0 Å². The number of nitrogens with zero attached hydrogens (tertiary/aromatic N) is 7. The standard InChI is InChI=1S/C38H38FN11O5/c1-40-28-17-26(46-50-31(19-42-34(28)50)37(54)44-27-16-25(27)39)23-18-43-48(20-23)24-10-5-9-22(15-24)35(52)41-14-4-3-7-21-8-6-11-29-33(21)47(2)38(55)49(29)30-12-13-32(51)45-36(30)53/h5-6,8-11,15,17-20,25,27,30,40H,3-4,7,12-14,16H2,1-2H3,(H,41,52)(H,44,54)(H,45,51,53)/t25-,27+,30?/m0/s1. The number of halogens is 1. The number of anilines is 1. The molecular formula is C38H38FN11O5. The van der Waals surface area contributed by atoms with Crippen molar-refractivity contribution in [3.8, 4) is 16.9 Å². The number of aromatic nitrogens is 7. The van der Waals surface area contributed by atoms with Gasteiger partial charge in [0, 0.05) is 50.8 Å². The number of imide groups is 1. The molecule has 5 heterocycles. The Bertz CT molecular complexity index is 2570. The number of carbonyl (C=O) groups excluding carboxylic acids is 4. The van der Waals surface area contributed by atoms with Crippen molar-refractivity contribution in [1.29, 1.82) is 0 Å². The molecule has 1 saturated carbocycles. The van der Waals surface area contributed by atoms with E-state index in [0.717, 1.165) is 17.5 Å². The van der Waals surface area contributed by atoms with Gasteiger partial charge in [-0.15, -0.1) is 0 Å². The summed E-state index contributed by atoms with van der Waals surface area (Å²) in [6.45, 7) is 0.437. The lowest BCUT2D eigenvalue weighted by atomic mass is 10.0. The smallest absolute Gasteiger partial charge is 0.329 e. The van der Waals surface area contributed by atoms with Crippen molar-refractivity contribution < 1.29 is 23.6 Å². The van der Waals surface area contributed by atoms with Crippen LogP contribution in [0.2, 0.25) is 0 Å². The molecule has 282 valence electrons. The van der Waals surface area contributed by atoms with Crippen molar-refractivity contribution in [1.82, 2.24) is 49.5 Å². The van der Waals surface area contributed by atoms with Crippen LogP contribution < -0.4 is 27.0 Å². The molecule has 8 rings (SSSR count). The zero-order chi connectivity index (χ0) is 38.4. The topological polar surface area (TPSA) is 191 Å². The molecule has 0 bridgehead atoms. The minimum Gasteiger partial charge on any atom is -0.385 e. The summed E-state index contributed by atoms with van der Waals surface area (Å²) in [7, 11) is 3.42. The Hall–Kier alpha value is -6.65. The van der Waals surface area contributed by atoms with Crippen molar-refractivity contribution >= 4 is 46.0 Å². The maximum atomic E-state index is 13.4. The predicted molar refractivity (Wildman–Crippen MR) is 200 cm³/mol. The fourth-order valence-electron chi connectivity index (χ4n) is 7.09. The van der Waals surface area contributed by atoms with Gasteiger partial charge in [0.15, 0.2) is 11.3 Å². The molecule has 0 radical (unpaired) electrons. The van der Waals surface area contributed by atoms with Crippen LogP contribution in [0.1, 0.15) is 64.6 Å². The molecule has 4 N–H and O–H groups in total. The average molecular weight is 748 g/mol. The van der Waals surface area contributed by atoms with Crippen LogP contribution in [0.25, 0.3) is 33.6 Å². The number of rotatable bonds is 12. The molecule has 3 atom stereocenters. The van der Waals surface area contributed by atoms with E-state index in [1.165, 1.54) is 15.3 Å². The molecule has 2 aromatic carbocycles. The van der Waals surface area contributed by atoms with E-state index in [1.807, 2.05) is 24.3 Å². The van der Waals surface area contributed by atoms with Crippen LogP contribution in [0, 0.1) is 0 Å². The minimum atomic E-state index is -1.04. The lowest BCUT2D eigenvalue weighted by molar-refractivity contribution is -0.135. The summed E-state index contributed by atoms with van der Waals surface area (Å²) in [5.41, 5.74) is 5.60. The molecular weight excluding hydrogens is 709 g/mol. The SMILES string of the molecule is CNc1cc(-c2cnn(-c3cccc(C(=O)NCCCCc4cccc5c4n(C)c(=O)n5C4CCC(=O)NC4=O)c3)c2)nn2c(C(=O)N[C@@H]3C[C@@H]3F)cnc12. The van der Waals surface area contributed by atoms with Crippen LogP contribution in [-0.4, -0.2) is 82.9 Å². The van der Waals surface area contributed by atoms with Gasteiger partial charge in [0.25, 0.3) is 11.8 Å². The Morgan fingerprint density at radius 3 is 2.64 bits per heavy atom. The van der Waals surface area contributed by atoms with Crippen molar-refractivity contribution in [2.45, 2.75) is 56.8 Å². The molecule has 17 heteroatoms. The Morgan fingerprint density at radius 1 is 1.04 bits per heavy atom. The highest BCUT2D eigenvalue weighted by Crippen LogP contribution is 2.28. The number of piperidine rings is 1. The summed E-state index contributed by atoms with van der Waals surface area (Å²) in [6.07, 6.45) is 6.61. The predicted octanol–water partition coefficient (Wildman–Crippen LogP) is 2.85. The highest BCUT2D eigenvalue weighted by atomic mass is 19.1. The fraction of sp³-hybridized carbons (Fsp3) is 0.316. The van der Waals surface area contributed by atoms with Crippen molar-refractivity contribution in [2.75, 3.05) is 18.9 Å². The summed E-state index contributed by atoms with van der Waals surface area (Å²) >= 11 is 0. The third-order valence-corrected chi connectivity index (χ3v) is 10.1. The first-order valence-corrected chi connectivity index (χ1v) is 18.1. The molecule has 2 fully saturated rings. The highest BCUT2D eigenvalue weighted by molar-refractivity contribution is 6.00. The van der Waals surface area contributed by atoms with E-state index in [-0.39, 0.29) is 36.0 Å². The largest absolute Gasteiger partial charge is 0.385 e. The van der Waals surface area contributed by atoms with Gasteiger partial charge in [-0.3, -0.25) is 33.6 Å². The third kappa shape index (κ3) is 6.72. The summed E-state index contributed by atoms with van der Waals surface area (Å²) in [5, 5.41) is 20.2. The maximum absolute atomic E-state index is 13.4. The van der Waals surface area contributed by atoms with Gasteiger partial charge in [-0.25, -0.2) is 23.4 Å². The highest BCUT2D eigenvalue weighted by Gasteiger charge is 2.39. The molecule has 1 aliphatic carbocycles. The number of hydrogen-bond acceptors (Lipinski definition) is 9. The normalized spacial score (nSPS) is 18.1. The fourth-order valence-corrected chi connectivity index (χ4v) is 7.09. The number of carbonyl (C=O) groups is 4. The number of aryl methyl sites for hydroxylation is 2. The second-order valence-corrected chi connectivity index (χ2v) is 13.8. The molecule has 4 aromatic heterocycles. The number of para-hydroxylation sites is 1. The average Bonchev–Trinajstić information content (AvgIpc) is 3.52. The van der Waals surface area contributed by atoms with Crippen LogP contribution in [-0.2, 0) is 23.1 Å². The lowest BCUT2D eigenvalue weighted by Gasteiger charge is -2.21. The quantitative estimate of drug-likeness (QED) is 0.108. The third-order valence-electron chi connectivity index (χ3n) is 10.1. The van der Waals surface area contributed by atoms with E-state index in [1.54, 1.807) is 60.0 Å². The van der Waals surface area contributed by atoms with Gasteiger partial charge in [0.05, 0.1) is 46.5 Å². The first-order valence-electron chi connectivity index (χ1n) is 18.1. The van der Waals surface area contributed by atoms with Gasteiger partial charge in [-0.1, -0.05) is 18.2 Å². The van der Waals surface area contributed by atoms with E-state index in [0.29, 0.717) is 65.2 Å². The van der Waals surface area contributed by atoms with E-state index in [9.17, 15) is 28.4 Å². The number of hydrogen-bond donors (Lipinski definition) is 4. The summed E-state index contributed by atoms with van der Waals surface area (Å²) in [6, 6.07) is 13.3. The summed E-state index contributed by atoms with van der Waals surface area (Å²) in [5.74, 6) is -1.50. The first kappa shape index (κ1) is 35.4. The number of unbranched alkanes of at least 4 members (excludes halogenated alkanes) is 1. The Morgan fingerprint density at radius 2 is 1.85 bits per heavy atom. The zero-order valence-electron chi connectivity index (χ0n) is 30.1. The van der Waals surface area contributed by atoms with Crippen molar-refractivity contribution in [3.05, 3.63) is 94.4 Å². The first-order chi connectivity index (χ1) is 26.6. The number of alkyl halides is 1. The Balaban J connectivity index is 0.909. The summed E-state index contributed by atoms with van der Waals surface area (Å²) < 4.78 is 19.5. The van der Waals surface area contributed by atoms with Crippen LogP contribution in [0.15, 0.2) is 71.9 Å². The molecule has 6 aromatic rings. The van der Waals surface area contributed by atoms with Gasteiger partial charge in [0.1, 0.15) is 12.2 Å². The zero-order valence-corrected chi connectivity index (χ0v) is 30.1. The Kier molecular flexibility index (Phi) is 9.20. The molecule has 1 saturated heterocycles. The second-order valence-electron chi connectivity index (χ2n) is 13.8. The molecule has 16 nitrogen and oxygen atoms in total. The lowest BCUT2D eigenvalue weighted by Crippen LogP contribution is -2.44. The van der Waals surface area contributed by atoms with Crippen LogP contribution >= 0.6 is 0 Å². The Labute approximate surface area is 312 Å². The molecule has 0 spiro atoms. The van der Waals surface area contributed by atoms with Crippen molar-refractivity contribution in [3.63, 3.8) is 0 Å². The second kappa shape index (κ2) is 14.3. The minimum absolute atomic E-state index is 0.176. The number of fused-ring (bicyclic) bond motifs is 2. The van der Waals surface area contributed by atoms with Gasteiger partial charge in [-0.2, -0.15) is 10.2 Å². The van der Waals surface area contributed by atoms with Gasteiger partial charge < -0.3 is 16.0 Å². The van der Waals surface area contributed by atoms with Crippen molar-refractivity contribution in [2.24, 2.45) is 7.05 Å². The van der Waals surface area contributed by atoms with E-state index < -0.39 is 30.1 Å². The maximum Gasteiger partial charge on any atom is 0.329 e. The number of benzene rings is 2. The number of imidazole rings is 2. The summed E-state index contributed by atoms with van der Waals surface area (Å²) in [4.78, 5) is 67.9. The van der Waals surface area contributed by atoms with E-state index in [4.69, 9.17) is 0 Å². The molecule has 2 aliphatic rings. The molecule has 4 amide bonds. The van der Waals surface area contributed by atoms with Crippen LogP contribution in [0.5, 0.6) is 0 Å².